The Morgan fingerprint density at radius 2 is 1.81 bits per heavy atom. The van der Waals surface area contributed by atoms with E-state index in [1.54, 1.807) is 4.68 Å². The van der Waals surface area contributed by atoms with Crippen molar-refractivity contribution < 1.29 is 0 Å². The molecule has 0 bridgehead atoms. The number of nitrogens with zero attached hydrogens (tertiary/aromatic N) is 2. The predicted molar refractivity (Wildman–Crippen MR) is 88.9 cm³/mol. The second kappa shape index (κ2) is 5.37. The summed E-state index contributed by atoms with van der Waals surface area (Å²) in [5.74, 6) is 0. The van der Waals surface area contributed by atoms with Crippen molar-refractivity contribution >= 4 is 15.9 Å². The van der Waals surface area contributed by atoms with Gasteiger partial charge in [-0.25, -0.2) is 4.68 Å². The molecule has 0 saturated heterocycles. The molecule has 0 aliphatic heterocycles. The summed E-state index contributed by atoms with van der Waals surface area (Å²) in [6, 6.07) is 15.7. The van der Waals surface area contributed by atoms with Crippen molar-refractivity contribution in [1.29, 1.82) is 0 Å². The summed E-state index contributed by atoms with van der Waals surface area (Å²) in [6.07, 6.45) is 1.87. The molecule has 1 heterocycles. The smallest absolute Gasteiger partial charge is 0.279 e. The maximum Gasteiger partial charge on any atom is 0.279 e. The quantitative estimate of drug-likeness (QED) is 0.693. The molecule has 0 saturated carbocycles. The molecule has 0 amide bonds. The average molecular weight is 343 g/mol. The monoisotopic (exact) mass is 342 g/mol. The van der Waals surface area contributed by atoms with Gasteiger partial charge >= 0.3 is 0 Å². The molecule has 0 aliphatic carbocycles. The van der Waals surface area contributed by atoms with E-state index in [1.165, 1.54) is 0 Å². The lowest BCUT2D eigenvalue weighted by atomic mass is 10.1. The van der Waals surface area contributed by atoms with Crippen LogP contribution in [0.2, 0.25) is 0 Å². The summed E-state index contributed by atoms with van der Waals surface area (Å²) in [4.78, 5) is 12.7. The van der Waals surface area contributed by atoms with E-state index < -0.39 is 0 Å². The first-order valence-electron chi connectivity index (χ1n) is 6.68. The summed E-state index contributed by atoms with van der Waals surface area (Å²) in [5, 5.41) is 0. The molecule has 0 atom stereocenters. The van der Waals surface area contributed by atoms with E-state index in [0.717, 1.165) is 21.3 Å². The number of hydrogen-bond acceptors (Lipinski definition) is 1. The van der Waals surface area contributed by atoms with Crippen molar-refractivity contribution in [3.8, 4) is 16.8 Å². The van der Waals surface area contributed by atoms with E-state index in [0.29, 0.717) is 5.56 Å². The molecule has 0 spiro atoms. The average Bonchev–Trinajstić information content (AvgIpc) is 2.74. The number of aromatic nitrogens is 2. The standard InChI is InChI=1S/C17H15BrN2O/c1-12-5-3-6-13(9-12)16-11-19(2)20(17(16)21)15-8-4-7-14(18)10-15/h3-11H,1-2H3. The maximum atomic E-state index is 12.7. The minimum Gasteiger partial charge on any atom is -0.288 e. The molecule has 106 valence electrons. The van der Waals surface area contributed by atoms with Crippen LogP contribution in [0.5, 0.6) is 0 Å². The predicted octanol–water partition coefficient (Wildman–Crippen LogP) is 3.91. The lowest BCUT2D eigenvalue weighted by Gasteiger charge is -2.06. The van der Waals surface area contributed by atoms with Crippen molar-refractivity contribution in [2.24, 2.45) is 7.05 Å². The number of hydrogen-bond donors (Lipinski definition) is 0. The van der Waals surface area contributed by atoms with Gasteiger partial charge in [0.25, 0.3) is 5.56 Å². The van der Waals surface area contributed by atoms with Gasteiger partial charge in [-0.3, -0.25) is 9.48 Å². The van der Waals surface area contributed by atoms with Crippen LogP contribution in [0.15, 0.2) is 64.0 Å². The minimum absolute atomic E-state index is 0.0128. The Bertz CT molecular complexity index is 861. The fourth-order valence-corrected chi connectivity index (χ4v) is 2.86. The molecule has 3 rings (SSSR count). The van der Waals surface area contributed by atoms with Crippen molar-refractivity contribution in [1.82, 2.24) is 9.36 Å². The van der Waals surface area contributed by atoms with Gasteiger partial charge in [0.05, 0.1) is 11.3 Å². The van der Waals surface area contributed by atoms with Crippen LogP contribution in [0.1, 0.15) is 5.56 Å². The highest BCUT2D eigenvalue weighted by molar-refractivity contribution is 9.10. The van der Waals surface area contributed by atoms with Crippen LogP contribution in [0, 0.1) is 6.92 Å². The van der Waals surface area contributed by atoms with Gasteiger partial charge in [0.1, 0.15) is 0 Å². The van der Waals surface area contributed by atoms with E-state index in [1.807, 2.05) is 73.4 Å². The van der Waals surface area contributed by atoms with E-state index >= 15 is 0 Å². The first kappa shape index (κ1) is 13.9. The highest BCUT2D eigenvalue weighted by atomic mass is 79.9. The molecular formula is C17H15BrN2O. The molecule has 2 aromatic carbocycles. The topological polar surface area (TPSA) is 26.9 Å². The summed E-state index contributed by atoms with van der Waals surface area (Å²) in [5.41, 5.74) is 3.63. The highest BCUT2D eigenvalue weighted by Gasteiger charge is 2.12. The summed E-state index contributed by atoms with van der Waals surface area (Å²) in [6.45, 7) is 2.03. The van der Waals surface area contributed by atoms with Gasteiger partial charge in [0, 0.05) is 17.7 Å². The summed E-state index contributed by atoms with van der Waals surface area (Å²) < 4.78 is 4.44. The molecule has 4 heteroatoms. The van der Waals surface area contributed by atoms with Gasteiger partial charge in [-0.2, -0.15) is 0 Å². The molecule has 1 aromatic heterocycles. The van der Waals surface area contributed by atoms with E-state index in [4.69, 9.17) is 0 Å². The Kier molecular flexibility index (Phi) is 3.55. The minimum atomic E-state index is -0.0128. The third-order valence-corrected chi connectivity index (χ3v) is 3.93. The second-order valence-corrected chi connectivity index (χ2v) is 6.00. The van der Waals surface area contributed by atoms with Gasteiger partial charge in [-0.15, -0.1) is 0 Å². The van der Waals surface area contributed by atoms with Gasteiger partial charge < -0.3 is 0 Å². The number of benzene rings is 2. The molecule has 0 unspecified atom stereocenters. The van der Waals surface area contributed by atoms with Crippen LogP contribution in [0.25, 0.3) is 16.8 Å². The number of rotatable bonds is 2. The molecule has 3 aromatic rings. The van der Waals surface area contributed by atoms with E-state index in [-0.39, 0.29) is 5.56 Å². The Morgan fingerprint density at radius 1 is 1.05 bits per heavy atom. The van der Waals surface area contributed by atoms with Crippen LogP contribution in [-0.4, -0.2) is 9.36 Å². The molecule has 0 radical (unpaired) electrons. The Balaban J connectivity index is 2.20. The summed E-state index contributed by atoms with van der Waals surface area (Å²) in [7, 11) is 1.88. The summed E-state index contributed by atoms with van der Waals surface area (Å²) >= 11 is 3.45. The zero-order chi connectivity index (χ0) is 15.0. The lowest BCUT2D eigenvalue weighted by Crippen LogP contribution is -2.19. The van der Waals surface area contributed by atoms with E-state index in [2.05, 4.69) is 15.9 Å². The van der Waals surface area contributed by atoms with Crippen LogP contribution in [0.4, 0.5) is 0 Å². The Hall–Kier alpha value is -2.07. The molecule has 3 nitrogen and oxygen atoms in total. The first-order chi connectivity index (χ1) is 10.1. The van der Waals surface area contributed by atoms with Gasteiger partial charge in [0.15, 0.2) is 0 Å². The second-order valence-electron chi connectivity index (χ2n) is 5.08. The van der Waals surface area contributed by atoms with Gasteiger partial charge in [0.2, 0.25) is 0 Å². The first-order valence-corrected chi connectivity index (χ1v) is 7.47. The van der Waals surface area contributed by atoms with Crippen molar-refractivity contribution in [2.75, 3.05) is 0 Å². The van der Waals surface area contributed by atoms with Crippen LogP contribution in [0.3, 0.4) is 0 Å². The molecule has 0 aliphatic rings. The Morgan fingerprint density at radius 3 is 2.52 bits per heavy atom. The fraction of sp³-hybridized carbons (Fsp3) is 0.118. The third-order valence-electron chi connectivity index (χ3n) is 3.44. The molecule has 0 N–H and O–H groups in total. The van der Waals surface area contributed by atoms with Crippen molar-refractivity contribution in [3.05, 3.63) is 75.1 Å². The van der Waals surface area contributed by atoms with Gasteiger partial charge in [-0.1, -0.05) is 51.8 Å². The SMILES string of the molecule is Cc1cccc(-c2cn(C)n(-c3cccc(Br)c3)c2=O)c1. The fourth-order valence-electron chi connectivity index (χ4n) is 2.48. The highest BCUT2D eigenvalue weighted by Crippen LogP contribution is 2.19. The third kappa shape index (κ3) is 2.59. The largest absolute Gasteiger partial charge is 0.288 e. The van der Waals surface area contributed by atoms with Crippen molar-refractivity contribution in [2.45, 2.75) is 6.92 Å². The molecular weight excluding hydrogens is 328 g/mol. The number of aryl methyl sites for hydroxylation is 2. The Labute approximate surface area is 131 Å². The molecule has 21 heavy (non-hydrogen) atoms. The van der Waals surface area contributed by atoms with Crippen molar-refractivity contribution in [3.63, 3.8) is 0 Å². The van der Waals surface area contributed by atoms with Crippen LogP contribution in [-0.2, 0) is 7.05 Å². The zero-order valence-corrected chi connectivity index (χ0v) is 13.5. The zero-order valence-electron chi connectivity index (χ0n) is 11.9. The van der Waals surface area contributed by atoms with Crippen LogP contribution >= 0.6 is 15.9 Å². The molecule has 0 fully saturated rings. The van der Waals surface area contributed by atoms with Gasteiger partial charge in [-0.05, 0) is 30.7 Å². The maximum absolute atomic E-state index is 12.7. The van der Waals surface area contributed by atoms with E-state index in [9.17, 15) is 4.79 Å². The van der Waals surface area contributed by atoms with Crippen LogP contribution < -0.4 is 5.56 Å². The normalized spacial score (nSPS) is 10.8. The lowest BCUT2D eigenvalue weighted by molar-refractivity contribution is 0.646. The number of halogens is 1.